The molecule has 19 heavy (non-hydrogen) atoms. The van der Waals surface area contributed by atoms with Gasteiger partial charge in [-0.1, -0.05) is 38.4 Å². The highest BCUT2D eigenvalue weighted by Crippen LogP contribution is 2.16. The van der Waals surface area contributed by atoms with Gasteiger partial charge in [0.1, 0.15) is 10.7 Å². The topological polar surface area (TPSA) is 68.3 Å². The maximum Gasteiger partial charge on any atom is 0.433 e. The van der Waals surface area contributed by atoms with Gasteiger partial charge in [0.2, 0.25) is 0 Å². The molecule has 0 radical (unpaired) electrons. The molecule has 0 atom stereocenters. The summed E-state index contributed by atoms with van der Waals surface area (Å²) in [5.74, 6) is 0.153. The van der Waals surface area contributed by atoms with Crippen molar-refractivity contribution in [2.45, 2.75) is 32.6 Å². The van der Waals surface area contributed by atoms with Gasteiger partial charge in [-0.05, 0) is 24.6 Å². The first kappa shape index (κ1) is 15.4. The van der Waals surface area contributed by atoms with Gasteiger partial charge in [-0.3, -0.25) is 10.1 Å². The Labute approximate surface area is 117 Å². The number of rotatable bonds is 8. The second kappa shape index (κ2) is 8.42. The Morgan fingerprint density at radius 3 is 2.89 bits per heavy atom. The molecule has 0 aliphatic rings. The summed E-state index contributed by atoms with van der Waals surface area (Å²) in [6.45, 7) is 3.02. The van der Waals surface area contributed by atoms with E-state index in [1.165, 1.54) is 25.3 Å². The summed E-state index contributed by atoms with van der Waals surface area (Å²) in [5.41, 5.74) is 0. The van der Waals surface area contributed by atoms with Crippen molar-refractivity contribution >= 4 is 29.2 Å². The summed E-state index contributed by atoms with van der Waals surface area (Å²) in [6, 6.07) is 2.86. The van der Waals surface area contributed by atoms with E-state index in [9.17, 15) is 10.1 Å². The van der Waals surface area contributed by atoms with E-state index in [4.69, 9.17) is 16.6 Å². The summed E-state index contributed by atoms with van der Waals surface area (Å²) >= 11 is 5.12. The molecule has 5 nitrogen and oxygen atoms in total. The number of hydrogen-bond acceptors (Lipinski definition) is 4. The van der Waals surface area contributed by atoms with E-state index in [0.717, 1.165) is 13.0 Å². The van der Waals surface area contributed by atoms with Crippen molar-refractivity contribution in [3.8, 4) is 0 Å². The number of nitro groups is 1. The average Bonchev–Trinajstić information content (AvgIpc) is 2.85. The number of nitrogens with zero attached hydrogens (tertiary/aromatic N) is 1. The molecule has 1 heterocycles. The minimum absolute atomic E-state index is 0.266. The van der Waals surface area contributed by atoms with Gasteiger partial charge in [0.15, 0.2) is 0 Å². The molecule has 0 fully saturated rings. The van der Waals surface area contributed by atoms with Crippen LogP contribution in [0.3, 0.4) is 0 Å². The van der Waals surface area contributed by atoms with Crippen molar-refractivity contribution in [3.05, 3.63) is 34.1 Å². The Balaban J connectivity index is 2.30. The van der Waals surface area contributed by atoms with Crippen LogP contribution in [0.1, 0.15) is 38.4 Å². The number of hydrogen-bond donors (Lipinski definition) is 1. The fourth-order valence-electron chi connectivity index (χ4n) is 1.51. The van der Waals surface area contributed by atoms with Crippen LogP contribution >= 0.6 is 12.2 Å². The number of furan rings is 1. The fraction of sp³-hybridized carbons (Fsp3) is 0.462. The van der Waals surface area contributed by atoms with Crippen molar-refractivity contribution in [1.82, 2.24) is 5.32 Å². The van der Waals surface area contributed by atoms with Crippen LogP contribution in [0.15, 0.2) is 22.6 Å². The molecule has 104 valence electrons. The Morgan fingerprint density at radius 2 is 2.26 bits per heavy atom. The molecule has 0 bridgehead atoms. The normalized spacial score (nSPS) is 10.8. The third-order valence-corrected chi connectivity index (χ3v) is 2.80. The Hall–Kier alpha value is -1.69. The highest BCUT2D eigenvalue weighted by atomic mass is 32.1. The van der Waals surface area contributed by atoms with Crippen LogP contribution in [0.25, 0.3) is 6.08 Å². The van der Waals surface area contributed by atoms with Gasteiger partial charge in [-0.2, -0.15) is 0 Å². The van der Waals surface area contributed by atoms with Gasteiger partial charge in [-0.25, -0.2) is 0 Å². The molecule has 0 saturated carbocycles. The first-order valence-corrected chi connectivity index (χ1v) is 6.74. The summed E-state index contributed by atoms with van der Waals surface area (Å²) in [7, 11) is 0. The Bertz CT molecular complexity index is 454. The van der Waals surface area contributed by atoms with Crippen LogP contribution in [0.5, 0.6) is 0 Å². The average molecular weight is 282 g/mol. The third kappa shape index (κ3) is 6.15. The molecule has 1 aromatic rings. The molecule has 0 aliphatic heterocycles. The van der Waals surface area contributed by atoms with E-state index < -0.39 is 4.92 Å². The molecule has 0 spiro atoms. The SMILES string of the molecule is CCCCCCNC(=S)/C=C/c1ccc([N+](=O)[O-])o1. The monoisotopic (exact) mass is 282 g/mol. The van der Waals surface area contributed by atoms with E-state index in [-0.39, 0.29) is 5.88 Å². The summed E-state index contributed by atoms with van der Waals surface area (Å²) in [6.07, 6.45) is 8.03. The minimum atomic E-state index is -0.568. The van der Waals surface area contributed by atoms with Gasteiger partial charge in [0.25, 0.3) is 0 Å². The summed E-state index contributed by atoms with van der Waals surface area (Å²) in [4.78, 5) is 10.5. The zero-order valence-corrected chi connectivity index (χ0v) is 11.7. The number of thiocarbonyl (C=S) groups is 1. The largest absolute Gasteiger partial charge is 0.433 e. The standard InChI is InChI=1S/C13H18N2O3S/c1-2-3-4-5-10-14-12(19)8-6-11-7-9-13(18-11)15(16)17/h6-9H,2-5,10H2,1H3,(H,14,19)/b8-6+. The van der Waals surface area contributed by atoms with E-state index in [1.807, 2.05) is 0 Å². The molecule has 0 aliphatic carbocycles. The Kier molecular flexibility index (Phi) is 6.81. The van der Waals surface area contributed by atoms with E-state index in [2.05, 4.69) is 12.2 Å². The van der Waals surface area contributed by atoms with Crippen molar-refractivity contribution in [2.75, 3.05) is 6.54 Å². The summed E-state index contributed by atoms with van der Waals surface area (Å²) in [5, 5.41) is 13.5. The number of nitrogens with one attached hydrogen (secondary N) is 1. The lowest BCUT2D eigenvalue weighted by atomic mass is 10.2. The fourth-order valence-corrected chi connectivity index (χ4v) is 1.68. The molecule has 1 aromatic heterocycles. The highest BCUT2D eigenvalue weighted by Gasteiger charge is 2.09. The van der Waals surface area contributed by atoms with Gasteiger partial charge >= 0.3 is 5.88 Å². The van der Waals surface area contributed by atoms with Crippen molar-refractivity contribution < 1.29 is 9.34 Å². The van der Waals surface area contributed by atoms with Crippen LogP contribution in [0.4, 0.5) is 5.88 Å². The second-order valence-electron chi connectivity index (χ2n) is 4.12. The predicted octanol–water partition coefficient (Wildman–Crippen LogP) is 3.70. The molecule has 0 amide bonds. The smallest absolute Gasteiger partial charge is 0.401 e. The van der Waals surface area contributed by atoms with Gasteiger partial charge in [0, 0.05) is 6.54 Å². The second-order valence-corrected chi connectivity index (χ2v) is 4.56. The molecular weight excluding hydrogens is 264 g/mol. The summed E-state index contributed by atoms with van der Waals surface area (Å²) < 4.78 is 4.98. The lowest BCUT2D eigenvalue weighted by Crippen LogP contribution is -2.20. The van der Waals surface area contributed by atoms with Gasteiger partial charge < -0.3 is 9.73 Å². The van der Waals surface area contributed by atoms with Crippen LogP contribution in [0, 0.1) is 10.1 Å². The van der Waals surface area contributed by atoms with Crippen LogP contribution in [-0.2, 0) is 0 Å². The molecule has 1 N–H and O–H groups in total. The van der Waals surface area contributed by atoms with E-state index >= 15 is 0 Å². The van der Waals surface area contributed by atoms with Gasteiger partial charge in [-0.15, -0.1) is 0 Å². The zero-order chi connectivity index (χ0) is 14.1. The van der Waals surface area contributed by atoms with Crippen LogP contribution in [-0.4, -0.2) is 16.5 Å². The molecule has 0 aromatic carbocycles. The zero-order valence-electron chi connectivity index (χ0n) is 10.9. The molecular formula is C13H18N2O3S. The minimum Gasteiger partial charge on any atom is -0.401 e. The maximum absolute atomic E-state index is 10.4. The van der Waals surface area contributed by atoms with Crippen LogP contribution < -0.4 is 5.32 Å². The quantitative estimate of drug-likeness (QED) is 0.259. The first-order chi connectivity index (χ1) is 9.13. The van der Waals surface area contributed by atoms with E-state index in [1.54, 1.807) is 18.2 Å². The van der Waals surface area contributed by atoms with Crippen molar-refractivity contribution in [1.29, 1.82) is 0 Å². The highest BCUT2D eigenvalue weighted by molar-refractivity contribution is 7.80. The number of unbranched alkanes of at least 4 members (excludes halogenated alkanes) is 3. The van der Waals surface area contributed by atoms with Crippen molar-refractivity contribution in [3.63, 3.8) is 0 Å². The molecule has 0 unspecified atom stereocenters. The first-order valence-electron chi connectivity index (χ1n) is 6.33. The third-order valence-electron chi connectivity index (χ3n) is 2.52. The lowest BCUT2D eigenvalue weighted by molar-refractivity contribution is -0.402. The van der Waals surface area contributed by atoms with Crippen molar-refractivity contribution in [2.24, 2.45) is 0 Å². The molecule has 1 rings (SSSR count). The van der Waals surface area contributed by atoms with E-state index in [0.29, 0.717) is 10.7 Å². The van der Waals surface area contributed by atoms with Crippen LogP contribution in [0.2, 0.25) is 0 Å². The lowest BCUT2D eigenvalue weighted by Gasteiger charge is -2.03. The predicted molar refractivity (Wildman–Crippen MR) is 79.1 cm³/mol. The van der Waals surface area contributed by atoms with Gasteiger partial charge in [0.05, 0.1) is 11.1 Å². The maximum atomic E-state index is 10.4. The molecule has 0 saturated heterocycles. The molecule has 6 heteroatoms. The Morgan fingerprint density at radius 1 is 1.47 bits per heavy atom.